The summed E-state index contributed by atoms with van der Waals surface area (Å²) in [5.41, 5.74) is 3.17. The number of nitrogens with one attached hydrogen (secondary N) is 2. The SMILES string of the molecule is CCOC(=O)c1c(C)[nH]c(C)c1C(=O)CSc1nc2ncc(Cl)cc2[nH]1. The van der Waals surface area contributed by atoms with Gasteiger partial charge in [0.2, 0.25) is 0 Å². The molecule has 2 N–H and O–H groups in total. The number of halogens is 1. The molecule has 0 aliphatic carbocycles. The monoisotopic (exact) mass is 392 g/mol. The number of aryl methyl sites for hydroxylation is 2. The Hall–Kier alpha value is -2.32. The molecule has 0 atom stereocenters. The van der Waals surface area contributed by atoms with Gasteiger partial charge in [0.25, 0.3) is 0 Å². The Morgan fingerprint density at radius 1 is 1.23 bits per heavy atom. The summed E-state index contributed by atoms with van der Waals surface area (Å²) in [6, 6.07) is 1.72. The molecule has 0 amide bonds. The standard InChI is InChI=1S/C17H17ClN4O3S/c1-4-25-16(24)14-9(3)20-8(2)13(14)12(23)7-26-17-21-11-5-10(18)6-19-15(11)22-17/h5-6,20H,4,7H2,1-3H3,(H,19,21,22). The molecule has 3 heterocycles. The van der Waals surface area contributed by atoms with Gasteiger partial charge in [-0.15, -0.1) is 0 Å². The van der Waals surface area contributed by atoms with Crippen LogP contribution in [0.15, 0.2) is 17.4 Å². The van der Waals surface area contributed by atoms with Gasteiger partial charge in [0, 0.05) is 17.6 Å². The number of hydrogen-bond donors (Lipinski definition) is 2. The van der Waals surface area contributed by atoms with Gasteiger partial charge in [-0.3, -0.25) is 4.79 Å². The lowest BCUT2D eigenvalue weighted by Crippen LogP contribution is -2.13. The zero-order chi connectivity index (χ0) is 18.8. The normalized spacial score (nSPS) is 11.1. The molecule has 0 aliphatic rings. The van der Waals surface area contributed by atoms with E-state index in [4.69, 9.17) is 16.3 Å². The maximum Gasteiger partial charge on any atom is 0.340 e. The number of esters is 1. The molecule has 0 aromatic carbocycles. The van der Waals surface area contributed by atoms with Crippen molar-refractivity contribution in [3.63, 3.8) is 0 Å². The molecule has 7 nitrogen and oxygen atoms in total. The molecule has 136 valence electrons. The van der Waals surface area contributed by atoms with Crippen molar-refractivity contribution in [2.75, 3.05) is 12.4 Å². The predicted molar refractivity (Wildman–Crippen MR) is 100 cm³/mol. The number of ketones is 1. The number of carbonyl (C=O) groups is 2. The molecule has 0 unspecified atom stereocenters. The Kier molecular flexibility index (Phi) is 5.33. The lowest BCUT2D eigenvalue weighted by atomic mass is 10.1. The number of thioether (sulfide) groups is 1. The zero-order valence-corrected chi connectivity index (χ0v) is 16.0. The first-order chi connectivity index (χ1) is 12.4. The smallest absolute Gasteiger partial charge is 0.340 e. The van der Waals surface area contributed by atoms with Gasteiger partial charge < -0.3 is 14.7 Å². The lowest BCUT2D eigenvalue weighted by Gasteiger charge is -2.05. The fraction of sp³-hybridized carbons (Fsp3) is 0.294. The fourth-order valence-electron chi connectivity index (χ4n) is 2.72. The van der Waals surface area contributed by atoms with Crippen LogP contribution in [0.1, 0.15) is 39.0 Å². The summed E-state index contributed by atoms with van der Waals surface area (Å²) in [7, 11) is 0. The van der Waals surface area contributed by atoms with E-state index in [0.29, 0.717) is 43.9 Å². The van der Waals surface area contributed by atoms with Crippen LogP contribution in [0.5, 0.6) is 0 Å². The molecule has 3 rings (SSSR count). The average molecular weight is 393 g/mol. The highest BCUT2D eigenvalue weighted by Crippen LogP contribution is 2.25. The van der Waals surface area contributed by atoms with Gasteiger partial charge in [-0.25, -0.2) is 14.8 Å². The van der Waals surface area contributed by atoms with Crippen LogP contribution in [0.2, 0.25) is 5.02 Å². The van der Waals surface area contributed by atoms with Crippen molar-refractivity contribution in [3.8, 4) is 0 Å². The van der Waals surface area contributed by atoms with E-state index < -0.39 is 5.97 Å². The maximum atomic E-state index is 12.7. The second-order valence-corrected chi connectivity index (χ2v) is 7.02. The third-order valence-electron chi connectivity index (χ3n) is 3.76. The van der Waals surface area contributed by atoms with Gasteiger partial charge in [0.1, 0.15) is 0 Å². The van der Waals surface area contributed by atoms with Crippen molar-refractivity contribution in [2.45, 2.75) is 25.9 Å². The first kappa shape index (κ1) is 18.5. The minimum Gasteiger partial charge on any atom is -0.462 e. The van der Waals surface area contributed by atoms with Crippen LogP contribution in [-0.4, -0.2) is 44.0 Å². The predicted octanol–water partition coefficient (Wildman–Crippen LogP) is 3.71. The van der Waals surface area contributed by atoms with Gasteiger partial charge in [-0.2, -0.15) is 0 Å². The first-order valence-electron chi connectivity index (χ1n) is 7.94. The second kappa shape index (κ2) is 7.51. The van der Waals surface area contributed by atoms with Crippen molar-refractivity contribution in [1.82, 2.24) is 19.9 Å². The Labute approximate surface area is 158 Å². The third-order valence-corrected chi connectivity index (χ3v) is 4.84. The number of H-pyrrole nitrogens is 2. The van der Waals surface area contributed by atoms with Crippen molar-refractivity contribution in [2.24, 2.45) is 0 Å². The maximum absolute atomic E-state index is 12.7. The number of fused-ring (bicyclic) bond motifs is 1. The zero-order valence-electron chi connectivity index (χ0n) is 14.5. The summed E-state index contributed by atoms with van der Waals surface area (Å²) < 4.78 is 5.07. The molecule has 9 heteroatoms. The number of carbonyl (C=O) groups excluding carboxylic acids is 2. The van der Waals surface area contributed by atoms with E-state index >= 15 is 0 Å². The molecule has 0 radical (unpaired) electrons. The minimum atomic E-state index is -0.495. The molecule has 3 aromatic heterocycles. The van der Waals surface area contributed by atoms with Crippen molar-refractivity contribution >= 4 is 46.3 Å². The van der Waals surface area contributed by atoms with Crippen LogP contribution in [-0.2, 0) is 4.74 Å². The van der Waals surface area contributed by atoms with E-state index in [2.05, 4.69) is 19.9 Å². The largest absolute Gasteiger partial charge is 0.462 e. The van der Waals surface area contributed by atoms with Crippen LogP contribution in [0, 0.1) is 13.8 Å². The number of nitrogens with zero attached hydrogens (tertiary/aromatic N) is 2. The fourth-order valence-corrected chi connectivity index (χ4v) is 3.62. The Morgan fingerprint density at radius 3 is 2.69 bits per heavy atom. The van der Waals surface area contributed by atoms with Crippen LogP contribution < -0.4 is 0 Å². The number of pyridine rings is 1. The van der Waals surface area contributed by atoms with E-state index in [1.54, 1.807) is 26.8 Å². The highest BCUT2D eigenvalue weighted by Gasteiger charge is 2.25. The Balaban J connectivity index is 1.80. The van der Waals surface area contributed by atoms with E-state index in [1.165, 1.54) is 18.0 Å². The van der Waals surface area contributed by atoms with Gasteiger partial charge in [-0.05, 0) is 26.8 Å². The van der Waals surface area contributed by atoms with Gasteiger partial charge >= 0.3 is 5.97 Å². The Bertz CT molecular complexity index is 995. The quantitative estimate of drug-likeness (QED) is 0.376. The molecule has 0 fully saturated rings. The molecule has 0 saturated carbocycles. The summed E-state index contributed by atoms with van der Waals surface area (Å²) in [6.07, 6.45) is 1.52. The summed E-state index contributed by atoms with van der Waals surface area (Å²) in [6.45, 7) is 5.49. The molecule has 3 aromatic rings. The number of ether oxygens (including phenoxy) is 1. The van der Waals surface area contributed by atoms with Crippen LogP contribution in [0.4, 0.5) is 0 Å². The highest BCUT2D eigenvalue weighted by atomic mass is 35.5. The summed E-state index contributed by atoms with van der Waals surface area (Å²) in [5, 5.41) is 1.07. The summed E-state index contributed by atoms with van der Waals surface area (Å²) >= 11 is 7.15. The minimum absolute atomic E-state index is 0.123. The van der Waals surface area contributed by atoms with Crippen molar-refractivity contribution in [3.05, 3.63) is 39.8 Å². The van der Waals surface area contributed by atoms with Crippen molar-refractivity contribution in [1.29, 1.82) is 0 Å². The van der Waals surface area contributed by atoms with Gasteiger partial charge in [0.05, 0.1) is 34.0 Å². The van der Waals surface area contributed by atoms with E-state index in [0.717, 1.165) is 0 Å². The lowest BCUT2D eigenvalue weighted by molar-refractivity contribution is 0.0522. The molecule has 26 heavy (non-hydrogen) atoms. The number of rotatable bonds is 6. The van der Waals surface area contributed by atoms with Crippen molar-refractivity contribution < 1.29 is 14.3 Å². The molecular formula is C17H17ClN4O3S. The number of aromatic nitrogens is 4. The topological polar surface area (TPSA) is 101 Å². The third kappa shape index (κ3) is 3.61. The van der Waals surface area contributed by atoms with Gasteiger partial charge in [0.15, 0.2) is 16.6 Å². The molecular weight excluding hydrogens is 376 g/mol. The van der Waals surface area contributed by atoms with Gasteiger partial charge in [-0.1, -0.05) is 23.4 Å². The number of Topliss-reactive ketones (excluding diaryl/α,β-unsaturated/α-hetero) is 1. The summed E-state index contributed by atoms with van der Waals surface area (Å²) in [4.78, 5) is 39.5. The number of imidazole rings is 1. The number of aromatic amines is 2. The highest BCUT2D eigenvalue weighted by molar-refractivity contribution is 7.99. The average Bonchev–Trinajstić information content (AvgIpc) is 3.12. The van der Waals surface area contributed by atoms with Crippen LogP contribution in [0.3, 0.4) is 0 Å². The summed E-state index contributed by atoms with van der Waals surface area (Å²) in [5.74, 6) is -0.547. The molecule has 0 aliphatic heterocycles. The van der Waals surface area contributed by atoms with E-state index in [9.17, 15) is 9.59 Å². The van der Waals surface area contributed by atoms with Crippen LogP contribution in [0.25, 0.3) is 11.2 Å². The van der Waals surface area contributed by atoms with E-state index in [-0.39, 0.29) is 18.1 Å². The van der Waals surface area contributed by atoms with E-state index in [1.807, 2.05) is 0 Å². The molecule has 0 bridgehead atoms. The molecule has 0 spiro atoms. The number of hydrogen-bond acceptors (Lipinski definition) is 6. The first-order valence-corrected chi connectivity index (χ1v) is 9.30. The Morgan fingerprint density at radius 2 is 1.96 bits per heavy atom. The van der Waals surface area contributed by atoms with Crippen LogP contribution >= 0.6 is 23.4 Å². The molecule has 0 saturated heterocycles. The second-order valence-electron chi connectivity index (χ2n) is 5.62.